The summed E-state index contributed by atoms with van der Waals surface area (Å²) in [4.78, 5) is 0. The van der Waals surface area contributed by atoms with Crippen LogP contribution in [0.15, 0.2) is 138 Å². The van der Waals surface area contributed by atoms with Crippen molar-refractivity contribution < 1.29 is 0 Å². The highest BCUT2D eigenvalue weighted by Crippen LogP contribution is 2.42. The molecule has 184 valence electrons. The van der Waals surface area contributed by atoms with Crippen molar-refractivity contribution in [3.8, 4) is 27.9 Å². The Morgan fingerprint density at radius 2 is 1.15 bits per heavy atom. The van der Waals surface area contributed by atoms with E-state index in [2.05, 4.69) is 154 Å². The standard InChI is InChI=1S/C36H22BrNS/c37-30-15-6-3-12-26(30)25-11-2-1-10-24(25)23-20-21-28-27-13-4-7-16-31(27)38(33(28)22-23)32-17-9-19-35-36(32)29-14-5-8-18-34(29)39-35/h1-22H. The van der Waals surface area contributed by atoms with Gasteiger partial charge in [-0.05, 0) is 58.7 Å². The monoisotopic (exact) mass is 579 g/mol. The molecule has 1 nitrogen and oxygen atoms in total. The number of hydrogen-bond donors (Lipinski definition) is 0. The molecule has 0 spiro atoms. The van der Waals surface area contributed by atoms with Crippen LogP contribution >= 0.6 is 27.3 Å². The summed E-state index contributed by atoms with van der Waals surface area (Å²) in [6.07, 6.45) is 0. The summed E-state index contributed by atoms with van der Waals surface area (Å²) in [6.45, 7) is 0. The van der Waals surface area contributed by atoms with E-state index in [-0.39, 0.29) is 0 Å². The van der Waals surface area contributed by atoms with Gasteiger partial charge < -0.3 is 4.57 Å². The molecule has 3 heteroatoms. The van der Waals surface area contributed by atoms with Crippen molar-refractivity contribution in [3.63, 3.8) is 0 Å². The molecule has 6 aromatic carbocycles. The molecule has 39 heavy (non-hydrogen) atoms. The Balaban J connectivity index is 1.46. The topological polar surface area (TPSA) is 4.93 Å². The van der Waals surface area contributed by atoms with Crippen LogP contribution in [-0.2, 0) is 0 Å². The van der Waals surface area contributed by atoms with Gasteiger partial charge >= 0.3 is 0 Å². The summed E-state index contributed by atoms with van der Waals surface area (Å²) in [7, 11) is 0. The Labute approximate surface area is 238 Å². The van der Waals surface area contributed by atoms with Gasteiger partial charge in [0.2, 0.25) is 0 Å². The quantitative estimate of drug-likeness (QED) is 0.196. The Bertz CT molecular complexity index is 2200. The molecule has 0 fully saturated rings. The van der Waals surface area contributed by atoms with Gasteiger partial charge in [-0.2, -0.15) is 0 Å². The summed E-state index contributed by atoms with van der Waals surface area (Å²) in [5.74, 6) is 0. The maximum Gasteiger partial charge on any atom is 0.0555 e. The zero-order valence-corrected chi connectivity index (χ0v) is 23.3. The summed E-state index contributed by atoms with van der Waals surface area (Å²) >= 11 is 5.65. The third-order valence-electron chi connectivity index (χ3n) is 7.70. The van der Waals surface area contributed by atoms with E-state index < -0.39 is 0 Å². The van der Waals surface area contributed by atoms with Crippen LogP contribution in [0.1, 0.15) is 0 Å². The molecule has 0 bridgehead atoms. The minimum Gasteiger partial charge on any atom is -0.309 e. The Morgan fingerprint density at radius 1 is 0.487 bits per heavy atom. The third-order valence-corrected chi connectivity index (χ3v) is 9.52. The summed E-state index contributed by atoms with van der Waals surface area (Å²) < 4.78 is 6.21. The van der Waals surface area contributed by atoms with E-state index in [1.807, 2.05) is 11.3 Å². The number of halogens is 1. The molecule has 0 saturated heterocycles. The van der Waals surface area contributed by atoms with Crippen molar-refractivity contribution in [2.75, 3.05) is 0 Å². The molecule has 2 heterocycles. The molecule has 0 N–H and O–H groups in total. The van der Waals surface area contributed by atoms with Gasteiger partial charge in [-0.3, -0.25) is 0 Å². The number of nitrogens with zero attached hydrogens (tertiary/aromatic N) is 1. The van der Waals surface area contributed by atoms with Crippen molar-refractivity contribution in [2.24, 2.45) is 0 Å². The first-order valence-electron chi connectivity index (χ1n) is 13.1. The minimum absolute atomic E-state index is 1.10. The molecular weight excluding hydrogens is 558 g/mol. The van der Waals surface area contributed by atoms with Crippen molar-refractivity contribution in [1.82, 2.24) is 4.57 Å². The second-order valence-corrected chi connectivity index (χ2v) is 11.8. The smallest absolute Gasteiger partial charge is 0.0555 e. The van der Waals surface area contributed by atoms with Crippen molar-refractivity contribution in [2.45, 2.75) is 0 Å². The normalized spacial score (nSPS) is 11.7. The first kappa shape index (κ1) is 22.8. The van der Waals surface area contributed by atoms with Crippen LogP contribution in [-0.4, -0.2) is 4.57 Å². The molecule has 0 amide bonds. The maximum atomic E-state index is 3.78. The van der Waals surface area contributed by atoms with E-state index in [4.69, 9.17) is 0 Å². The molecule has 8 aromatic rings. The van der Waals surface area contributed by atoms with E-state index in [0.29, 0.717) is 0 Å². The van der Waals surface area contributed by atoms with Crippen molar-refractivity contribution >= 4 is 69.2 Å². The predicted molar refractivity (Wildman–Crippen MR) is 172 cm³/mol. The largest absolute Gasteiger partial charge is 0.309 e. The van der Waals surface area contributed by atoms with Crippen LogP contribution in [0.25, 0.3) is 69.9 Å². The third kappa shape index (κ3) is 3.51. The van der Waals surface area contributed by atoms with Crippen LogP contribution < -0.4 is 0 Å². The summed E-state index contributed by atoms with van der Waals surface area (Å²) in [5.41, 5.74) is 8.53. The number of rotatable bonds is 3. The Hall–Kier alpha value is -4.18. The molecule has 0 atom stereocenters. The van der Waals surface area contributed by atoms with Gasteiger partial charge in [-0.15, -0.1) is 11.3 Å². The Morgan fingerprint density at radius 3 is 2.03 bits per heavy atom. The lowest BCUT2D eigenvalue weighted by atomic mass is 9.94. The molecule has 2 aromatic heterocycles. The molecule has 0 saturated carbocycles. The van der Waals surface area contributed by atoms with Crippen molar-refractivity contribution in [1.29, 1.82) is 0 Å². The molecule has 0 radical (unpaired) electrons. The van der Waals surface area contributed by atoms with Gasteiger partial charge in [0.25, 0.3) is 0 Å². The van der Waals surface area contributed by atoms with Crippen LogP contribution in [0.2, 0.25) is 0 Å². The lowest BCUT2D eigenvalue weighted by Crippen LogP contribution is -1.95. The zero-order chi connectivity index (χ0) is 25.9. The number of thiophene rings is 1. The molecule has 0 aliphatic rings. The maximum absolute atomic E-state index is 3.78. The molecule has 0 unspecified atom stereocenters. The molecular formula is C36H22BrNS. The van der Waals surface area contributed by atoms with Gasteiger partial charge in [0.1, 0.15) is 0 Å². The highest BCUT2D eigenvalue weighted by atomic mass is 79.9. The van der Waals surface area contributed by atoms with Gasteiger partial charge in [-0.1, -0.05) is 113 Å². The number of para-hydroxylation sites is 1. The lowest BCUT2D eigenvalue weighted by molar-refractivity contribution is 1.20. The number of fused-ring (bicyclic) bond motifs is 6. The van der Waals surface area contributed by atoms with Crippen molar-refractivity contribution in [3.05, 3.63) is 138 Å². The first-order chi connectivity index (χ1) is 19.3. The van der Waals surface area contributed by atoms with Crippen LogP contribution in [0.5, 0.6) is 0 Å². The SMILES string of the molecule is Brc1ccccc1-c1ccccc1-c1ccc2c3ccccc3n(-c3cccc4sc5ccccc5c34)c2c1. The number of benzene rings is 6. The van der Waals surface area contributed by atoms with E-state index in [1.165, 1.54) is 69.9 Å². The highest BCUT2D eigenvalue weighted by Gasteiger charge is 2.18. The van der Waals surface area contributed by atoms with Gasteiger partial charge in [0.05, 0.1) is 16.7 Å². The second-order valence-electron chi connectivity index (χ2n) is 9.86. The van der Waals surface area contributed by atoms with Crippen LogP contribution in [0.3, 0.4) is 0 Å². The Kier molecular flexibility index (Phi) is 5.22. The predicted octanol–water partition coefficient (Wildman–Crippen LogP) is 11.2. The van der Waals surface area contributed by atoms with Gasteiger partial charge in [-0.25, -0.2) is 0 Å². The molecule has 0 aliphatic carbocycles. The van der Waals surface area contributed by atoms with E-state index in [9.17, 15) is 0 Å². The van der Waals surface area contributed by atoms with Gasteiger partial charge in [0, 0.05) is 35.4 Å². The van der Waals surface area contributed by atoms with Crippen LogP contribution in [0.4, 0.5) is 0 Å². The number of hydrogen-bond acceptors (Lipinski definition) is 1. The summed E-state index contributed by atoms with van der Waals surface area (Å²) in [5, 5.41) is 5.17. The summed E-state index contributed by atoms with van der Waals surface area (Å²) in [6, 6.07) is 48.4. The fourth-order valence-electron chi connectivity index (χ4n) is 5.99. The van der Waals surface area contributed by atoms with E-state index in [0.717, 1.165) is 4.47 Å². The van der Waals surface area contributed by atoms with E-state index in [1.54, 1.807) is 0 Å². The number of aromatic nitrogens is 1. The second kappa shape index (κ2) is 8.94. The van der Waals surface area contributed by atoms with E-state index >= 15 is 0 Å². The first-order valence-corrected chi connectivity index (χ1v) is 14.7. The lowest BCUT2D eigenvalue weighted by Gasteiger charge is -2.14. The van der Waals surface area contributed by atoms with Crippen LogP contribution in [0, 0.1) is 0 Å². The molecule has 8 rings (SSSR count). The average molecular weight is 581 g/mol. The fraction of sp³-hybridized carbons (Fsp3) is 0. The minimum atomic E-state index is 1.10. The fourth-order valence-corrected chi connectivity index (χ4v) is 7.61. The average Bonchev–Trinajstić information content (AvgIpc) is 3.53. The zero-order valence-electron chi connectivity index (χ0n) is 20.9. The van der Waals surface area contributed by atoms with Gasteiger partial charge in [0.15, 0.2) is 0 Å². The molecule has 0 aliphatic heterocycles. The highest BCUT2D eigenvalue weighted by molar-refractivity contribution is 9.10.